The van der Waals surface area contributed by atoms with Crippen molar-refractivity contribution in [2.24, 2.45) is 0 Å². The van der Waals surface area contributed by atoms with E-state index in [0.29, 0.717) is 24.5 Å². The van der Waals surface area contributed by atoms with Gasteiger partial charge in [-0.1, -0.05) is 25.5 Å². The van der Waals surface area contributed by atoms with Crippen LogP contribution in [0.1, 0.15) is 30.3 Å². The van der Waals surface area contributed by atoms with Crippen molar-refractivity contribution < 1.29 is 4.39 Å². The number of pyridine rings is 1. The highest BCUT2D eigenvalue weighted by Crippen LogP contribution is 2.18. The first kappa shape index (κ1) is 17.0. The van der Waals surface area contributed by atoms with Gasteiger partial charge in [-0.2, -0.15) is 14.6 Å². The fourth-order valence-electron chi connectivity index (χ4n) is 2.73. The van der Waals surface area contributed by atoms with Gasteiger partial charge in [0.1, 0.15) is 5.69 Å². The van der Waals surface area contributed by atoms with Crippen LogP contribution in [0.25, 0.3) is 11.5 Å². The zero-order valence-corrected chi connectivity index (χ0v) is 14.2. The molecule has 128 valence electrons. The molecule has 0 radical (unpaired) electrons. The molecule has 0 spiro atoms. The molecule has 0 unspecified atom stereocenters. The Balaban J connectivity index is 1.93. The molecule has 0 atom stereocenters. The van der Waals surface area contributed by atoms with E-state index in [1.807, 2.05) is 16.8 Å². The number of aromatic nitrogens is 5. The van der Waals surface area contributed by atoms with Crippen LogP contribution < -0.4 is 0 Å². The molecule has 0 amide bonds. The predicted molar refractivity (Wildman–Crippen MR) is 94.4 cm³/mol. The number of allylic oxidation sites excluding steroid dienone is 1. The molecule has 5 nitrogen and oxygen atoms in total. The van der Waals surface area contributed by atoms with Gasteiger partial charge >= 0.3 is 0 Å². The van der Waals surface area contributed by atoms with Crippen LogP contribution in [-0.2, 0) is 19.4 Å². The average Bonchev–Trinajstić information content (AvgIpc) is 3.06. The lowest BCUT2D eigenvalue weighted by Gasteiger charge is -2.11. The Morgan fingerprint density at radius 1 is 1.28 bits per heavy atom. The zero-order valence-electron chi connectivity index (χ0n) is 14.2. The van der Waals surface area contributed by atoms with Crippen LogP contribution in [0.15, 0.2) is 49.3 Å². The fraction of sp³-hybridized carbons (Fsp3) is 0.263. The molecule has 0 fully saturated rings. The third-order valence-corrected chi connectivity index (χ3v) is 3.86. The SMILES string of the molecule is C=CCc1cc(CCC)c(Cn2ccnc2-c2cccc(F)n2)nn1. The third-order valence-electron chi connectivity index (χ3n) is 3.86. The van der Waals surface area contributed by atoms with Gasteiger partial charge in [0.15, 0.2) is 5.82 Å². The third kappa shape index (κ3) is 3.96. The molecule has 3 aromatic heterocycles. The second-order valence-corrected chi connectivity index (χ2v) is 5.77. The van der Waals surface area contributed by atoms with Crippen molar-refractivity contribution in [2.75, 3.05) is 0 Å². The van der Waals surface area contributed by atoms with Crippen LogP contribution in [0, 0.1) is 5.95 Å². The Bertz CT molecular complexity index is 872. The first-order chi connectivity index (χ1) is 12.2. The molecular formula is C19H20FN5. The molecule has 0 N–H and O–H groups in total. The molecule has 0 aliphatic rings. The van der Waals surface area contributed by atoms with E-state index in [1.54, 1.807) is 18.3 Å². The highest BCUT2D eigenvalue weighted by molar-refractivity contribution is 5.49. The van der Waals surface area contributed by atoms with Crippen molar-refractivity contribution >= 4 is 0 Å². The summed E-state index contributed by atoms with van der Waals surface area (Å²) >= 11 is 0. The minimum Gasteiger partial charge on any atom is -0.324 e. The Morgan fingerprint density at radius 2 is 2.16 bits per heavy atom. The molecular weight excluding hydrogens is 317 g/mol. The van der Waals surface area contributed by atoms with Gasteiger partial charge in [0.2, 0.25) is 5.95 Å². The summed E-state index contributed by atoms with van der Waals surface area (Å²) in [5.41, 5.74) is 3.48. The molecule has 0 aliphatic heterocycles. The topological polar surface area (TPSA) is 56.5 Å². The second kappa shape index (κ2) is 7.79. The lowest BCUT2D eigenvalue weighted by atomic mass is 10.1. The van der Waals surface area contributed by atoms with Crippen molar-refractivity contribution in [2.45, 2.75) is 32.7 Å². The summed E-state index contributed by atoms with van der Waals surface area (Å²) in [6.45, 7) is 6.40. The van der Waals surface area contributed by atoms with E-state index in [-0.39, 0.29) is 0 Å². The smallest absolute Gasteiger partial charge is 0.213 e. The second-order valence-electron chi connectivity index (χ2n) is 5.77. The Kier molecular flexibility index (Phi) is 5.28. The van der Waals surface area contributed by atoms with E-state index in [4.69, 9.17) is 0 Å². The van der Waals surface area contributed by atoms with Crippen LogP contribution in [0.5, 0.6) is 0 Å². The number of hydrogen-bond acceptors (Lipinski definition) is 4. The van der Waals surface area contributed by atoms with E-state index in [0.717, 1.165) is 24.2 Å². The fourth-order valence-corrected chi connectivity index (χ4v) is 2.73. The van der Waals surface area contributed by atoms with E-state index in [9.17, 15) is 4.39 Å². The maximum Gasteiger partial charge on any atom is 0.213 e. The monoisotopic (exact) mass is 337 g/mol. The molecule has 3 rings (SSSR count). The Hall–Kier alpha value is -2.89. The quantitative estimate of drug-likeness (QED) is 0.488. The van der Waals surface area contributed by atoms with Crippen LogP contribution in [-0.4, -0.2) is 24.7 Å². The molecule has 6 heteroatoms. The minimum absolute atomic E-state index is 0.498. The van der Waals surface area contributed by atoms with Gasteiger partial charge in [-0.05, 0) is 30.2 Å². The molecule has 0 aromatic carbocycles. The Labute approximate surface area is 146 Å². The highest BCUT2D eigenvalue weighted by atomic mass is 19.1. The number of halogens is 1. The van der Waals surface area contributed by atoms with Gasteiger partial charge in [-0.15, -0.1) is 6.58 Å². The van der Waals surface area contributed by atoms with Crippen LogP contribution in [0.4, 0.5) is 4.39 Å². The van der Waals surface area contributed by atoms with Gasteiger partial charge in [-0.3, -0.25) is 0 Å². The van der Waals surface area contributed by atoms with Crippen LogP contribution >= 0.6 is 0 Å². The standard InChI is InChI=1S/C19H20FN5/c1-3-6-14-12-15(7-4-2)23-24-17(14)13-25-11-10-21-19(25)16-8-5-9-18(20)22-16/h4-5,8-12H,2-3,6-7,13H2,1H3. The van der Waals surface area contributed by atoms with Gasteiger partial charge in [0.25, 0.3) is 0 Å². The summed E-state index contributed by atoms with van der Waals surface area (Å²) in [5.74, 6) is 0.0891. The van der Waals surface area contributed by atoms with E-state index >= 15 is 0 Å². The van der Waals surface area contributed by atoms with Crippen LogP contribution in [0.2, 0.25) is 0 Å². The van der Waals surface area contributed by atoms with Gasteiger partial charge < -0.3 is 4.57 Å². The first-order valence-corrected chi connectivity index (χ1v) is 8.30. The van der Waals surface area contributed by atoms with Crippen molar-refractivity contribution in [3.63, 3.8) is 0 Å². The molecule has 0 saturated carbocycles. The summed E-state index contributed by atoms with van der Waals surface area (Å²) in [7, 11) is 0. The molecule has 25 heavy (non-hydrogen) atoms. The maximum atomic E-state index is 13.4. The molecule has 3 heterocycles. The van der Waals surface area contributed by atoms with E-state index in [2.05, 4.69) is 39.7 Å². The molecule has 0 aliphatic carbocycles. The van der Waals surface area contributed by atoms with Gasteiger partial charge in [0, 0.05) is 18.8 Å². The molecule has 0 bridgehead atoms. The summed E-state index contributed by atoms with van der Waals surface area (Å²) in [6, 6.07) is 6.78. The van der Waals surface area contributed by atoms with Crippen molar-refractivity contribution in [3.05, 3.63) is 72.2 Å². The normalized spacial score (nSPS) is 10.8. The summed E-state index contributed by atoms with van der Waals surface area (Å²) in [4.78, 5) is 8.24. The Morgan fingerprint density at radius 3 is 2.92 bits per heavy atom. The lowest BCUT2D eigenvalue weighted by molar-refractivity contribution is 0.584. The molecule has 3 aromatic rings. The number of rotatable bonds is 7. The first-order valence-electron chi connectivity index (χ1n) is 8.30. The van der Waals surface area contributed by atoms with Crippen molar-refractivity contribution in [1.29, 1.82) is 0 Å². The number of hydrogen-bond donors (Lipinski definition) is 0. The van der Waals surface area contributed by atoms with Gasteiger partial charge in [-0.25, -0.2) is 9.97 Å². The van der Waals surface area contributed by atoms with Gasteiger partial charge in [0.05, 0.1) is 17.9 Å². The zero-order chi connectivity index (χ0) is 17.6. The molecule has 0 saturated heterocycles. The summed E-state index contributed by atoms with van der Waals surface area (Å²) in [5, 5.41) is 8.68. The summed E-state index contributed by atoms with van der Waals surface area (Å²) in [6.07, 6.45) is 8.00. The predicted octanol–water partition coefficient (Wildman–Crippen LogP) is 3.60. The number of imidazole rings is 1. The average molecular weight is 337 g/mol. The van der Waals surface area contributed by atoms with E-state index < -0.39 is 5.95 Å². The van der Waals surface area contributed by atoms with Crippen LogP contribution in [0.3, 0.4) is 0 Å². The highest BCUT2D eigenvalue weighted by Gasteiger charge is 2.12. The maximum absolute atomic E-state index is 13.4. The van der Waals surface area contributed by atoms with Crippen molar-refractivity contribution in [1.82, 2.24) is 24.7 Å². The van der Waals surface area contributed by atoms with E-state index in [1.165, 1.54) is 11.6 Å². The number of aryl methyl sites for hydroxylation is 1. The van der Waals surface area contributed by atoms with Crippen molar-refractivity contribution in [3.8, 4) is 11.5 Å². The lowest BCUT2D eigenvalue weighted by Crippen LogP contribution is -2.09. The summed E-state index contributed by atoms with van der Waals surface area (Å²) < 4.78 is 15.3. The largest absolute Gasteiger partial charge is 0.324 e. The number of nitrogens with zero attached hydrogens (tertiary/aromatic N) is 5. The minimum atomic E-state index is -0.521.